The Morgan fingerprint density at radius 1 is 1.23 bits per heavy atom. The Labute approximate surface area is 183 Å². The minimum atomic E-state index is -0.317. The molecule has 1 aromatic rings. The molecule has 168 valence electrons. The summed E-state index contributed by atoms with van der Waals surface area (Å²) in [5.74, 6) is 0.503. The van der Waals surface area contributed by atoms with Crippen molar-refractivity contribution in [2.45, 2.75) is 64.2 Å². The SMILES string of the molecule is COC(=O)C1CCC(C(C2=C(OC3CCCCO3)C=CC(C)C2=O)n2ccnc2)CC1. The van der Waals surface area contributed by atoms with Gasteiger partial charge in [0.15, 0.2) is 12.1 Å². The van der Waals surface area contributed by atoms with Gasteiger partial charge in [0.2, 0.25) is 0 Å². The lowest BCUT2D eigenvalue weighted by Gasteiger charge is -2.37. The number of methoxy groups -OCH3 is 1. The van der Waals surface area contributed by atoms with Gasteiger partial charge >= 0.3 is 5.97 Å². The summed E-state index contributed by atoms with van der Waals surface area (Å²) in [7, 11) is 1.44. The second-order valence-electron chi connectivity index (χ2n) is 8.79. The molecule has 1 aromatic heterocycles. The highest BCUT2D eigenvalue weighted by atomic mass is 16.7. The van der Waals surface area contributed by atoms with Crippen LogP contribution in [0.3, 0.4) is 0 Å². The van der Waals surface area contributed by atoms with Crippen LogP contribution in [0.1, 0.15) is 57.9 Å². The van der Waals surface area contributed by atoms with Crippen molar-refractivity contribution in [3.05, 3.63) is 42.2 Å². The molecule has 0 bridgehead atoms. The first-order valence-corrected chi connectivity index (χ1v) is 11.4. The van der Waals surface area contributed by atoms with E-state index in [2.05, 4.69) is 4.98 Å². The number of ketones is 1. The summed E-state index contributed by atoms with van der Waals surface area (Å²) in [5, 5.41) is 0. The number of carbonyl (C=O) groups excluding carboxylic acids is 2. The van der Waals surface area contributed by atoms with Crippen molar-refractivity contribution < 1.29 is 23.8 Å². The summed E-state index contributed by atoms with van der Waals surface area (Å²) in [6.45, 7) is 2.61. The number of carbonyl (C=O) groups is 2. The van der Waals surface area contributed by atoms with Crippen LogP contribution in [0.15, 0.2) is 42.2 Å². The lowest BCUT2D eigenvalue weighted by atomic mass is 9.74. The van der Waals surface area contributed by atoms with Crippen LogP contribution in [0.2, 0.25) is 0 Å². The summed E-state index contributed by atoms with van der Waals surface area (Å²) >= 11 is 0. The molecule has 0 N–H and O–H groups in total. The number of imidazole rings is 1. The van der Waals surface area contributed by atoms with Crippen LogP contribution in [-0.4, -0.2) is 41.3 Å². The highest BCUT2D eigenvalue weighted by Gasteiger charge is 2.39. The van der Waals surface area contributed by atoms with Crippen molar-refractivity contribution in [3.8, 4) is 0 Å². The molecule has 3 aliphatic rings. The molecule has 4 rings (SSSR count). The van der Waals surface area contributed by atoms with E-state index in [1.807, 2.05) is 29.8 Å². The predicted molar refractivity (Wildman–Crippen MR) is 114 cm³/mol. The number of rotatable bonds is 6. The average molecular weight is 429 g/mol. The number of hydrogen-bond donors (Lipinski definition) is 0. The number of aromatic nitrogens is 2. The van der Waals surface area contributed by atoms with E-state index in [9.17, 15) is 9.59 Å². The summed E-state index contributed by atoms with van der Waals surface area (Å²) in [4.78, 5) is 29.7. The first kappa shape index (κ1) is 21.8. The van der Waals surface area contributed by atoms with Crippen LogP contribution >= 0.6 is 0 Å². The number of hydrogen-bond acceptors (Lipinski definition) is 6. The molecular weight excluding hydrogens is 396 g/mol. The maximum atomic E-state index is 13.4. The highest BCUT2D eigenvalue weighted by Crippen LogP contribution is 2.43. The number of nitrogens with zero attached hydrogens (tertiary/aromatic N) is 2. The lowest BCUT2D eigenvalue weighted by Crippen LogP contribution is -2.34. The Kier molecular flexibility index (Phi) is 6.90. The number of Topliss-reactive ketones (excluding diaryl/α,β-unsaturated/α-hetero) is 1. The molecule has 2 aliphatic carbocycles. The fraction of sp³-hybridized carbons (Fsp3) is 0.625. The molecule has 0 amide bonds. The van der Waals surface area contributed by atoms with Gasteiger partial charge in [-0.25, -0.2) is 4.98 Å². The highest BCUT2D eigenvalue weighted by molar-refractivity contribution is 6.00. The molecule has 2 heterocycles. The average Bonchev–Trinajstić information content (AvgIpc) is 3.33. The van der Waals surface area contributed by atoms with Gasteiger partial charge in [0, 0.05) is 24.7 Å². The largest absolute Gasteiger partial charge is 0.469 e. The van der Waals surface area contributed by atoms with Crippen molar-refractivity contribution in [2.75, 3.05) is 13.7 Å². The van der Waals surface area contributed by atoms with Gasteiger partial charge in [-0.3, -0.25) is 9.59 Å². The van der Waals surface area contributed by atoms with Crippen LogP contribution in [0.5, 0.6) is 0 Å². The van der Waals surface area contributed by atoms with E-state index < -0.39 is 0 Å². The molecule has 1 aliphatic heterocycles. The minimum Gasteiger partial charge on any atom is -0.469 e. The fourth-order valence-electron chi connectivity index (χ4n) is 5.02. The maximum absolute atomic E-state index is 13.4. The molecule has 7 heteroatoms. The van der Waals surface area contributed by atoms with Crippen molar-refractivity contribution >= 4 is 11.8 Å². The minimum absolute atomic E-state index is 0.0640. The molecule has 1 saturated carbocycles. The van der Waals surface area contributed by atoms with Gasteiger partial charge < -0.3 is 18.8 Å². The number of esters is 1. The Morgan fingerprint density at radius 2 is 2.03 bits per heavy atom. The van der Waals surface area contributed by atoms with Gasteiger partial charge in [0.25, 0.3) is 0 Å². The van der Waals surface area contributed by atoms with E-state index in [4.69, 9.17) is 14.2 Å². The summed E-state index contributed by atoms with van der Waals surface area (Å²) in [5.41, 5.74) is 0.698. The standard InChI is InChI=1S/C24H32N2O5/c1-16-6-11-19(31-20-5-3-4-14-30-20)21(23(16)27)22(26-13-12-25-15-26)17-7-9-18(10-8-17)24(28)29-2/h6,11-13,15-18,20,22H,3-5,7-10,14H2,1-2H3. The third-order valence-corrected chi connectivity index (χ3v) is 6.77. The van der Waals surface area contributed by atoms with Gasteiger partial charge in [-0.2, -0.15) is 0 Å². The van der Waals surface area contributed by atoms with Gasteiger partial charge in [-0.1, -0.05) is 13.0 Å². The van der Waals surface area contributed by atoms with E-state index in [0.717, 1.165) is 44.9 Å². The second-order valence-corrected chi connectivity index (χ2v) is 8.79. The van der Waals surface area contributed by atoms with Gasteiger partial charge in [0.1, 0.15) is 5.76 Å². The van der Waals surface area contributed by atoms with Crippen LogP contribution in [0.25, 0.3) is 0 Å². The van der Waals surface area contributed by atoms with E-state index in [1.165, 1.54) is 7.11 Å². The third kappa shape index (κ3) is 4.76. The topological polar surface area (TPSA) is 79.7 Å². The molecule has 2 fully saturated rings. The van der Waals surface area contributed by atoms with Crippen molar-refractivity contribution in [1.29, 1.82) is 0 Å². The predicted octanol–water partition coefficient (Wildman–Crippen LogP) is 3.98. The molecule has 0 radical (unpaired) electrons. The van der Waals surface area contributed by atoms with Crippen LogP contribution in [0.4, 0.5) is 0 Å². The molecule has 7 nitrogen and oxygen atoms in total. The normalized spacial score (nSPS) is 30.2. The van der Waals surface area contributed by atoms with Crippen LogP contribution in [0, 0.1) is 17.8 Å². The zero-order chi connectivity index (χ0) is 21.8. The second kappa shape index (κ2) is 9.81. The van der Waals surface area contributed by atoms with Crippen molar-refractivity contribution in [2.24, 2.45) is 17.8 Å². The first-order valence-electron chi connectivity index (χ1n) is 11.4. The number of ether oxygens (including phenoxy) is 3. The Morgan fingerprint density at radius 3 is 2.68 bits per heavy atom. The maximum Gasteiger partial charge on any atom is 0.308 e. The van der Waals surface area contributed by atoms with E-state index in [-0.39, 0.29) is 41.8 Å². The number of allylic oxidation sites excluding steroid dienone is 3. The Hall–Kier alpha value is -2.41. The Balaban J connectivity index is 1.65. The molecule has 3 atom stereocenters. The van der Waals surface area contributed by atoms with Gasteiger partial charge in [0.05, 0.1) is 37.6 Å². The zero-order valence-corrected chi connectivity index (χ0v) is 18.4. The molecule has 0 aromatic carbocycles. The molecule has 0 spiro atoms. The molecule has 31 heavy (non-hydrogen) atoms. The van der Waals surface area contributed by atoms with Crippen molar-refractivity contribution in [1.82, 2.24) is 9.55 Å². The van der Waals surface area contributed by atoms with Crippen molar-refractivity contribution in [3.63, 3.8) is 0 Å². The van der Waals surface area contributed by atoms with Gasteiger partial charge in [-0.15, -0.1) is 0 Å². The quantitative estimate of drug-likeness (QED) is 0.638. The first-order chi connectivity index (χ1) is 15.1. The van der Waals surface area contributed by atoms with Crippen LogP contribution < -0.4 is 0 Å². The zero-order valence-electron chi connectivity index (χ0n) is 18.4. The van der Waals surface area contributed by atoms with E-state index in [0.29, 0.717) is 17.9 Å². The Bertz CT molecular complexity index is 830. The monoisotopic (exact) mass is 428 g/mol. The van der Waals surface area contributed by atoms with Crippen LogP contribution in [-0.2, 0) is 23.8 Å². The van der Waals surface area contributed by atoms with E-state index >= 15 is 0 Å². The van der Waals surface area contributed by atoms with E-state index in [1.54, 1.807) is 12.5 Å². The molecule has 3 unspecified atom stereocenters. The summed E-state index contributed by atoms with van der Waals surface area (Å²) in [6, 6.07) is -0.181. The molecule has 1 saturated heterocycles. The smallest absolute Gasteiger partial charge is 0.308 e. The summed E-state index contributed by atoms with van der Waals surface area (Å²) < 4.78 is 19.0. The third-order valence-electron chi connectivity index (χ3n) is 6.77. The summed E-state index contributed by atoms with van der Waals surface area (Å²) in [6.07, 6.45) is 15.1. The fourth-order valence-corrected chi connectivity index (χ4v) is 5.02. The lowest BCUT2D eigenvalue weighted by molar-refractivity contribution is -0.147. The van der Waals surface area contributed by atoms with Gasteiger partial charge in [-0.05, 0) is 50.5 Å². The molecular formula is C24H32N2O5.